The summed E-state index contributed by atoms with van der Waals surface area (Å²) in [6.45, 7) is 3.45. The molecular weight excluding hydrogens is 447 g/mol. The number of pyridine rings is 1. The fraction of sp³-hybridized carbons (Fsp3) is 0.391. The summed E-state index contributed by atoms with van der Waals surface area (Å²) in [5.74, 6) is 1.93. The predicted molar refractivity (Wildman–Crippen MR) is 118 cm³/mol. The van der Waals surface area contributed by atoms with Gasteiger partial charge in [0.25, 0.3) is 0 Å². The molecule has 34 heavy (non-hydrogen) atoms. The lowest BCUT2D eigenvalue weighted by atomic mass is 9.92. The first kappa shape index (κ1) is 20.9. The van der Waals surface area contributed by atoms with Gasteiger partial charge in [0.15, 0.2) is 11.5 Å². The van der Waals surface area contributed by atoms with Gasteiger partial charge in [-0.25, -0.2) is 4.52 Å². The van der Waals surface area contributed by atoms with Crippen LogP contribution < -0.4 is 10.2 Å². The second-order valence-electron chi connectivity index (χ2n) is 9.00. The monoisotopic (exact) mass is 469 g/mol. The zero-order valence-corrected chi connectivity index (χ0v) is 18.3. The molecule has 1 saturated carbocycles. The van der Waals surface area contributed by atoms with Crippen molar-refractivity contribution in [2.24, 2.45) is 11.8 Å². The van der Waals surface area contributed by atoms with Gasteiger partial charge in [0.2, 0.25) is 5.95 Å². The largest absolute Gasteiger partial charge is 0.416 e. The van der Waals surface area contributed by atoms with E-state index in [0.29, 0.717) is 40.8 Å². The molecule has 0 spiro atoms. The molecule has 1 unspecified atom stereocenters. The summed E-state index contributed by atoms with van der Waals surface area (Å²) in [6.07, 6.45) is -0.393. The Morgan fingerprint density at radius 2 is 1.76 bits per heavy atom. The number of fused-ring (bicyclic) bond motifs is 3. The number of aryl methyl sites for hydroxylation is 1. The molecule has 3 aromatic heterocycles. The van der Waals surface area contributed by atoms with E-state index in [2.05, 4.69) is 25.5 Å². The molecule has 8 nitrogen and oxygen atoms in total. The number of nitrogens with one attached hydrogen (secondary N) is 1. The first-order valence-corrected chi connectivity index (χ1v) is 11.2. The number of nitrogens with zero attached hydrogens (tertiary/aromatic N) is 6. The highest BCUT2D eigenvalue weighted by atomic mass is 19.4. The maximum absolute atomic E-state index is 12.9. The zero-order chi connectivity index (χ0) is 23.4. The SMILES string of the molecule is Cc1noc(N2C[C@H]3CC[C@@H](C2)C3Nc2nc3c(-c4ccc(C(F)(F)F)cc4)cccn3n2)n1. The van der Waals surface area contributed by atoms with Crippen LogP contribution in [0, 0.1) is 18.8 Å². The molecular formula is C23H22F3N7O. The van der Waals surface area contributed by atoms with Crippen LogP contribution in [0.15, 0.2) is 47.1 Å². The van der Waals surface area contributed by atoms with Crippen LogP contribution in [0.25, 0.3) is 16.8 Å². The van der Waals surface area contributed by atoms with E-state index in [9.17, 15) is 13.2 Å². The average Bonchev–Trinajstić information content (AvgIpc) is 3.48. The third-order valence-corrected chi connectivity index (χ3v) is 6.80. The Bertz CT molecular complexity index is 1320. The molecule has 1 saturated heterocycles. The third-order valence-electron chi connectivity index (χ3n) is 6.80. The van der Waals surface area contributed by atoms with Crippen molar-refractivity contribution in [1.82, 2.24) is 24.7 Å². The van der Waals surface area contributed by atoms with Crippen LogP contribution in [0.3, 0.4) is 0 Å². The lowest BCUT2D eigenvalue weighted by molar-refractivity contribution is -0.137. The third kappa shape index (κ3) is 3.64. The number of piperidine rings is 1. The Morgan fingerprint density at radius 3 is 2.41 bits per heavy atom. The number of halogens is 3. The van der Waals surface area contributed by atoms with Crippen molar-refractivity contribution < 1.29 is 17.7 Å². The molecule has 1 aliphatic heterocycles. The van der Waals surface area contributed by atoms with Crippen LogP contribution in [0.4, 0.5) is 25.1 Å². The first-order valence-electron chi connectivity index (χ1n) is 11.2. The minimum Gasteiger partial charge on any atom is -0.349 e. The van der Waals surface area contributed by atoms with Crippen LogP contribution in [0.2, 0.25) is 0 Å². The predicted octanol–water partition coefficient (Wildman–Crippen LogP) is 4.43. The first-order chi connectivity index (χ1) is 16.3. The van der Waals surface area contributed by atoms with Gasteiger partial charge in [0.1, 0.15) is 0 Å². The molecule has 3 atom stereocenters. The van der Waals surface area contributed by atoms with Gasteiger partial charge in [0.05, 0.1) is 5.56 Å². The summed E-state index contributed by atoms with van der Waals surface area (Å²) < 4.78 is 45.8. The van der Waals surface area contributed by atoms with Crippen LogP contribution in [0.5, 0.6) is 0 Å². The Hall–Kier alpha value is -3.63. The Labute approximate surface area is 192 Å². The van der Waals surface area contributed by atoms with Crippen molar-refractivity contribution in [2.75, 3.05) is 23.3 Å². The van der Waals surface area contributed by atoms with Crippen molar-refractivity contribution in [3.8, 4) is 11.1 Å². The van der Waals surface area contributed by atoms with E-state index in [4.69, 9.17) is 9.51 Å². The molecule has 1 N–H and O–H groups in total. The Balaban J connectivity index is 1.24. The molecule has 2 bridgehead atoms. The zero-order valence-electron chi connectivity index (χ0n) is 18.3. The van der Waals surface area contributed by atoms with Crippen LogP contribution in [-0.2, 0) is 6.18 Å². The number of benzene rings is 1. The molecule has 11 heteroatoms. The molecule has 0 amide bonds. The van der Waals surface area contributed by atoms with E-state index in [0.717, 1.165) is 43.6 Å². The van der Waals surface area contributed by atoms with Crippen molar-refractivity contribution in [3.63, 3.8) is 0 Å². The van der Waals surface area contributed by atoms with E-state index >= 15 is 0 Å². The highest BCUT2D eigenvalue weighted by molar-refractivity contribution is 5.78. The van der Waals surface area contributed by atoms with Gasteiger partial charge < -0.3 is 14.7 Å². The fourth-order valence-electron chi connectivity index (χ4n) is 5.21. The average molecular weight is 469 g/mol. The van der Waals surface area contributed by atoms with Gasteiger partial charge >= 0.3 is 12.2 Å². The smallest absolute Gasteiger partial charge is 0.349 e. The summed E-state index contributed by atoms with van der Waals surface area (Å²) in [5.41, 5.74) is 1.29. The lowest BCUT2D eigenvalue weighted by Crippen LogP contribution is -2.48. The quantitative estimate of drug-likeness (QED) is 0.473. The van der Waals surface area contributed by atoms with Gasteiger partial charge in [-0.15, -0.1) is 5.10 Å². The van der Waals surface area contributed by atoms with Gasteiger partial charge in [0, 0.05) is 30.9 Å². The van der Waals surface area contributed by atoms with E-state index in [1.165, 1.54) is 12.1 Å². The topological polar surface area (TPSA) is 84.4 Å². The highest BCUT2D eigenvalue weighted by Gasteiger charge is 2.43. The number of rotatable bonds is 4. The Kier molecular flexibility index (Phi) is 4.75. The molecule has 176 valence electrons. The minimum atomic E-state index is -4.37. The second kappa shape index (κ2) is 7.71. The second-order valence-corrected chi connectivity index (χ2v) is 9.00. The number of aromatic nitrogens is 5. The summed E-state index contributed by atoms with van der Waals surface area (Å²) >= 11 is 0. The molecule has 6 rings (SSSR count). The molecule has 4 aromatic rings. The van der Waals surface area contributed by atoms with Crippen molar-refractivity contribution >= 4 is 17.6 Å². The van der Waals surface area contributed by atoms with Crippen LogP contribution in [-0.4, -0.2) is 43.9 Å². The number of alkyl halides is 3. The van der Waals surface area contributed by atoms with Gasteiger partial charge in [-0.2, -0.15) is 23.1 Å². The van der Waals surface area contributed by atoms with Crippen LogP contribution in [0.1, 0.15) is 24.2 Å². The van der Waals surface area contributed by atoms with Crippen LogP contribution >= 0.6 is 0 Å². The molecule has 2 aliphatic rings. The van der Waals surface area contributed by atoms with E-state index < -0.39 is 11.7 Å². The molecule has 2 fully saturated rings. The van der Waals surface area contributed by atoms with Gasteiger partial charge in [-0.1, -0.05) is 17.3 Å². The molecule has 1 aromatic carbocycles. The van der Waals surface area contributed by atoms with Crippen molar-refractivity contribution in [3.05, 3.63) is 54.0 Å². The van der Waals surface area contributed by atoms with Gasteiger partial charge in [-0.05, 0) is 61.4 Å². The minimum absolute atomic E-state index is 0.229. The maximum atomic E-state index is 12.9. The number of hydrogen-bond acceptors (Lipinski definition) is 7. The van der Waals surface area contributed by atoms with Crippen molar-refractivity contribution in [1.29, 1.82) is 0 Å². The summed E-state index contributed by atoms with van der Waals surface area (Å²) in [4.78, 5) is 11.2. The fourth-order valence-corrected chi connectivity index (χ4v) is 5.21. The number of hydrogen-bond donors (Lipinski definition) is 1. The van der Waals surface area contributed by atoms with Gasteiger partial charge in [-0.3, -0.25) is 0 Å². The lowest BCUT2D eigenvalue weighted by Gasteiger charge is -2.37. The summed E-state index contributed by atoms with van der Waals surface area (Å²) in [6, 6.07) is 9.56. The normalized spacial score (nSPS) is 22.5. The van der Waals surface area contributed by atoms with Crippen molar-refractivity contribution in [2.45, 2.75) is 32.0 Å². The standard InChI is InChI=1S/C23H22F3N7O/c1-13-27-22(34-31-13)32-11-15-4-5-16(12-32)19(15)28-21-29-20-18(3-2-10-33(20)30-21)14-6-8-17(9-7-14)23(24,25)26/h2-3,6-10,15-16,19H,4-5,11-12H2,1H3,(H,28,30)/t15-,16+,19?. The molecule has 0 radical (unpaired) electrons. The van der Waals surface area contributed by atoms with E-state index in [-0.39, 0.29) is 6.04 Å². The van der Waals surface area contributed by atoms with E-state index in [1.54, 1.807) is 10.7 Å². The highest BCUT2D eigenvalue weighted by Crippen LogP contribution is 2.40. The Morgan fingerprint density at radius 1 is 1.03 bits per heavy atom. The summed E-state index contributed by atoms with van der Waals surface area (Å²) in [5, 5.41) is 12.0. The molecule has 1 aliphatic carbocycles. The maximum Gasteiger partial charge on any atom is 0.416 e. The number of anilines is 2. The van der Waals surface area contributed by atoms with E-state index in [1.807, 2.05) is 19.1 Å². The summed E-state index contributed by atoms with van der Waals surface area (Å²) in [7, 11) is 0. The molecule has 4 heterocycles.